The van der Waals surface area contributed by atoms with Gasteiger partial charge in [0.25, 0.3) is 0 Å². The summed E-state index contributed by atoms with van der Waals surface area (Å²) in [4.78, 5) is 12.0. The summed E-state index contributed by atoms with van der Waals surface area (Å²) in [6, 6.07) is 3.77. The number of fused-ring (bicyclic) bond motifs is 3. The van der Waals surface area contributed by atoms with Crippen LogP contribution >= 0.6 is 0 Å². The van der Waals surface area contributed by atoms with Crippen LogP contribution in [0, 0.1) is 18.3 Å². The van der Waals surface area contributed by atoms with Crippen LogP contribution in [0.4, 0.5) is 0 Å². The lowest BCUT2D eigenvalue weighted by Crippen LogP contribution is -2.46. The molecule has 2 atom stereocenters. The first-order chi connectivity index (χ1) is 9.32. The van der Waals surface area contributed by atoms with Gasteiger partial charge in [-0.1, -0.05) is 19.9 Å². The number of hydrogen-bond donors (Lipinski definition) is 2. The summed E-state index contributed by atoms with van der Waals surface area (Å²) in [6.07, 6.45) is 2.49. The van der Waals surface area contributed by atoms with Crippen molar-refractivity contribution in [3.63, 3.8) is 0 Å². The van der Waals surface area contributed by atoms with Crippen molar-refractivity contribution in [2.75, 3.05) is 0 Å². The summed E-state index contributed by atoms with van der Waals surface area (Å²) in [7, 11) is 0. The van der Waals surface area contributed by atoms with E-state index in [0.29, 0.717) is 0 Å². The van der Waals surface area contributed by atoms with Crippen LogP contribution in [-0.4, -0.2) is 22.1 Å². The topological polar surface area (TPSA) is 57.5 Å². The van der Waals surface area contributed by atoms with Gasteiger partial charge in [-0.2, -0.15) is 0 Å². The van der Waals surface area contributed by atoms with E-state index >= 15 is 0 Å². The second-order valence-corrected chi connectivity index (χ2v) is 6.61. The molecule has 2 aliphatic rings. The van der Waals surface area contributed by atoms with E-state index in [4.69, 9.17) is 0 Å². The molecule has 2 N–H and O–H groups in total. The molecule has 0 amide bonds. The molecule has 0 heterocycles. The van der Waals surface area contributed by atoms with Crippen molar-refractivity contribution in [1.82, 2.24) is 0 Å². The molecule has 1 aromatic carbocycles. The Morgan fingerprint density at radius 1 is 1.30 bits per heavy atom. The number of aromatic hydroxyl groups is 1. The molecule has 3 nitrogen and oxygen atoms in total. The maximum absolute atomic E-state index is 12.0. The predicted molar refractivity (Wildman–Crippen MR) is 77.4 cm³/mol. The molecular formula is C17H20O3. The summed E-state index contributed by atoms with van der Waals surface area (Å²) >= 11 is 0. The first-order valence-electron chi connectivity index (χ1n) is 7.08. The molecule has 0 saturated carbocycles. The maximum atomic E-state index is 12.0. The molecule has 3 heteroatoms. The number of carbonyl (C=O) groups excluding carboxylic acids is 1. The van der Waals surface area contributed by atoms with Gasteiger partial charge >= 0.3 is 0 Å². The standard InChI is InChI=1S/C17H20O3/c1-9-6-10-4-5-13-12(11(10)7-14(9)18)8-15(19)16(20)17(13,2)3/h6-8,13,16,18,20H,4-5H2,1-3H3. The smallest absolute Gasteiger partial charge is 0.184 e. The number of ketones is 1. The van der Waals surface area contributed by atoms with E-state index in [1.165, 1.54) is 5.56 Å². The SMILES string of the molecule is Cc1cc2c(cc1O)C1=CC(=O)C(O)C(C)(C)C1CC2. The minimum absolute atomic E-state index is 0.157. The second-order valence-electron chi connectivity index (χ2n) is 6.61. The molecule has 0 bridgehead atoms. The highest BCUT2D eigenvalue weighted by molar-refractivity contribution is 6.03. The fourth-order valence-electron chi connectivity index (χ4n) is 3.62. The third kappa shape index (κ3) is 1.73. The lowest BCUT2D eigenvalue weighted by molar-refractivity contribution is -0.130. The van der Waals surface area contributed by atoms with Crippen LogP contribution in [0.15, 0.2) is 18.2 Å². The maximum Gasteiger partial charge on any atom is 0.184 e. The van der Waals surface area contributed by atoms with E-state index < -0.39 is 11.5 Å². The Labute approximate surface area is 118 Å². The normalized spacial score (nSPS) is 27.6. The Bertz CT molecular complexity index is 625. The fourth-order valence-corrected chi connectivity index (χ4v) is 3.62. The number of carbonyl (C=O) groups is 1. The van der Waals surface area contributed by atoms with Crippen LogP contribution in [0.2, 0.25) is 0 Å². The number of allylic oxidation sites excluding steroid dienone is 1. The molecule has 2 unspecified atom stereocenters. The zero-order chi connectivity index (χ0) is 14.7. The van der Waals surface area contributed by atoms with Gasteiger partial charge in [-0.25, -0.2) is 0 Å². The van der Waals surface area contributed by atoms with Crippen LogP contribution in [-0.2, 0) is 11.2 Å². The zero-order valence-electron chi connectivity index (χ0n) is 12.1. The highest BCUT2D eigenvalue weighted by Gasteiger charge is 2.46. The fraction of sp³-hybridized carbons (Fsp3) is 0.471. The minimum atomic E-state index is -0.933. The quantitative estimate of drug-likeness (QED) is 0.763. The average Bonchev–Trinajstić information content (AvgIpc) is 2.38. The van der Waals surface area contributed by atoms with Crippen molar-refractivity contribution in [3.05, 3.63) is 34.9 Å². The number of aryl methyl sites for hydroxylation is 2. The van der Waals surface area contributed by atoms with E-state index in [-0.39, 0.29) is 17.5 Å². The van der Waals surface area contributed by atoms with Crippen LogP contribution in [0.3, 0.4) is 0 Å². The number of aliphatic hydroxyl groups is 1. The molecule has 0 saturated heterocycles. The summed E-state index contributed by atoms with van der Waals surface area (Å²) in [6.45, 7) is 5.79. The number of hydrogen-bond acceptors (Lipinski definition) is 3. The number of rotatable bonds is 0. The highest BCUT2D eigenvalue weighted by atomic mass is 16.3. The molecule has 0 radical (unpaired) electrons. The Kier molecular flexibility index (Phi) is 2.80. The lowest BCUT2D eigenvalue weighted by Gasteiger charge is -2.44. The van der Waals surface area contributed by atoms with Gasteiger partial charge in [0.05, 0.1) is 0 Å². The van der Waals surface area contributed by atoms with E-state index in [9.17, 15) is 15.0 Å². The third-order valence-electron chi connectivity index (χ3n) is 4.98. The Balaban J connectivity index is 2.20. The van der Waals surface area contributed by atoms with Crippen LogP contribution in [0.1, 0.15) is 37.0 Å². The van der Waals surface area contributed by atoms with Crippen molar-refractivity contribution < 1.29 is 15.0 Å². The molecule has 1 aromatic rings. The Hall–Kier alpha value is -1.61. The summed E-state index contributed by atoms with van der Waals surface area (Å²) in [5.41, 5.74) is 3.53. The van der Waals surface area contributed by atoms with E-state index in [2.05, 4.69) is 0 Å². The summed E-state index contributed by atoms with van der Waals surface area (Å²) in [5, 5.41) is 20.1. The molecule has 0 aliphatic heterocycles. The molecule has 106 valence electrons. The molecule has 0 aromatic heterocycles. The third-order valence-corrected chi connectivity index (χ3v) is 4.98. The minimum Gasteiger partial charge on any atom is -0.508 e. The molecule has 0 spiro atoms. The van der Waals surface area contributed by atoms with Crippen molar-refractivity contribution in [3.8, 4) is 5.75 Å². The number of aliphatic hydroxyl groups excluding tert-OH is 1. The van der Waals surface area contributed by atoms with Crippen LogP contribution in [0.5, 0.6) is 5.75 Å². The number of benzene rings is 1. The molecule has 20 heavy (non-hydrogen) atoms. The van der Waals surface area contributed by atoms with E-state index in [0.717, 1.165) is 29.5 Å². The van der Waals surface area contributed by atoms with Gasteiger partial charge in [-0.15, -0.1) is 0 Å². The van der Waals surface area contributed by atoms with Gasteiger partial charge in [-0.3, -0.25) is 4.79 Å². The van der Waals surface area contributed by atoms with Gasteiger partial charge in [0.15, 0.2) is 5.78 Å². The summed E-state index contributed by atoms with van der Waals surface area (Å²) < 4.78 is 0. The van der Waals surface area contributed by atoms with Crippen molar-refractivity contribution in [2.24, 2.45) is 11.3 Å². The van der Waals surface area contributed by atoms with Gasteiger partial charge in [0.1, 0.15) is 11.9 Å². The first-order valence-corrected chi connectivity index (χ1v) is 7.08. The molecule has 2 aliphatic carbocycles. The monoisotopic (exact) mass is 272 g/mol. The largest absolute Gasteiger partial charge is 0.508 e. The van der Waals surface area contributed by atoms with E-state index in [1.54, 1.807) is 12.1 Å². The zero-order valence-corrected chi connectivity index (χ0v) is 12.1. The van der Waals surface area contributed by atoms with Crippen molar-refractivity contribution in [1.29, 1.82) is 0 Å². The predicted octanol–water partition coefficient (Wildman–Crippen LogP) is 2.62. The van der Waals surface area contributed by atoms with Gasteiger partial charge in [0.2, 0.25) is 0 Å². The van der Waals surface area contributed by atoms with Crippen molar-refractivity contribution in [2.45, 2.75) is 39.7 Å². The van der Waals surface area contributed by atoms with Crippen LogP contribution < -0.4 is 0 Å². The lowest BCUT2D eigenvalue weighted by atomic mass is 9.60. The highest BCUT2D eigenvalue weighted by Crippen LogP contribution is 2.50. The van der Waals surface area contributed by atoms with Gasteiger partial charge in [-0.05, 0) is 60.1 Å². The number of phenols is 1. The van der Waals surface area contributed by atoms with Gasteiger partial charge < -0.3 is 10.2 Å². The molecule has 0 fully saturated rings. The van der Waals surface area contributed by atoms with E-state index in [1.807, 2.05) is 26.8 Å². The number of phenolic OH excluding ortho intramolecular Hbond substituents is 1. The first kappa shape index (κ1) is 13.4. The molecular weight excluding hydrogens is 252 g/mol. The molecule has 3 rings (SSSR count). The van der Waals surface area contributed by atoms with Crippen molar-refractivity contribution >= 4 is 11.4 Å². The Morgan fingerprint density at radius 2 is 2.00 bits per heavy atom. The van der Waals surface area contributed by atoms with Gasteiger partial charge in [0, 0.05) is 5.41 Å². The second kappa shape index (κ2) is 4.19. The van der Waals surface area contributed by atoms with Crippen LogP contribution in [0.25, 0.3) is 5.57 Å². The Morgan fingerprint density at radius 3 is 2.70 bits per heavy atom. The summed E-state index contributed by atoms with van der Waals surface area (Å²) in [5.74, 6) is 0.195. The average molecular weight is 272 g/mol.